The lowest BCUT2D eigenvalue weighted by molar-refractivity contribution is 0.0389. The molecule has 7 nitrogen and oxygen atoms in total. The second kappa shape index (κ2) is 11.7. The van der Waals surface area contributed by atoms with Gasteiger partial charge in [-0.25, -0.2) is 0 Å². The van der Waals surface area contributed by atoms with Crippen LogP contribution in [-0.2, 0) is 4.74 Å². The number of methoxy groups -OCH3 is 1. The number of thiocarbonyl (C=S) groups is 1. The van der Waals surface area contributed by atoms with Gasteiger partial charge in [0.2, 0.25) is 0 Å². The summed E-state index contributed by atoms with van der Waals surface area (Å²) in [5.41, 5.74) is 3.67. The molecule has 26 heavy (non-hydrogen) atoms. The van der Waals surface area contributed by atoms with Crippen molar-refractivity contribution in [2.24, 2.45) is 5.10 Å². The van der Waals surface area contributed by atoms with Gasteiger partial charge in [-0.1, -0.05) is 13.0 Å². The zero-order valence-corrected chi connectivity index (χ0v) is 16.3. The Morgan fingerprint density at radius 1 is 1.38 bits per heavy atom. The molecule has 1 saturated heterocycles. The normalized spacial score (nSPS) is 15.0. The molecule has 1 aliphatic heterocycles. The van der Waals surface area contributed by atoms with Crippen molar-refractivity contribution >= 4 is 23.5 Å². The predicted molar refractivity (Wildman–Crippen MR) is 107 cm³/mol. The minimum absolute atomic E-state index is 0.494. The summed E-state index contributed by atoms with van der Waals surface area (Å²) in [7, 11) is 1.63. The molecule has 0 spiro atoms. The van der Waals surface area contributed by atoms with Crippen LogP contribution in [0.3, 0.4) is 0 Å². The van der Waals surface area contributed by atoms with Crippen molar-refractivity contribution in [3.63, 3.8) is 0 Å². The molecule has 0 saturated carbocycles. The van der Waals surface area contributed by atoms with Gasteiger partial charge in [-0.05, 0) is 30.8 Å². The molecule has 1 aliphatic rings. The summed E-state index contributed by atoms with van der Waals surface area (Å²) >= 11 is 5.25. The number of hydrazone groups is 1. The molecule has 2 N–H and O–H groups in total. The molecule has 0 aliphatic carbocycles. The third kappa shape index (κ3) is 6.78. The second-order valence-corrected chi connectivity index (χ2v) is 6.22. The Bertz CT molecular complexity index is 592. The Morgan fingerprint density at radius 2 is 2.19 bits per heavy atom. The first kappa shape index (κ1) is 20.4. The molecule has 2 rings (SSSR count). The number of hydrogen-bond donors (Lipinski definition) is 2. The zero-order valence-electron chi connectivity index (χ0n) is 15.5. The van der Waals surface area contributed by atoms with Crippen molar-refractivity contribution < 1.29 is 14.2 Å². The molecule has 8 heteroatoms. The predicted octanol–water partition coefficient (Wildman–Crippen LogP) is 1.61. The van der Waals surface area contributed by atoms with E-state index >= 15 is 0 Å². The fourth-order valence-electron chi connectivity index (χ4n) is 2.51. The van der Waals surface area contributed by atoms with Crippen molar-refractivity contribution in [1.29, 1.82) is 0 Å². The van der Waals surface area contributed by atoms with Gasteiger partial charge in [-0.2, -0.15) is 5.10 Å². The van der Waals surface area contributed by atoms with E-state index in [2.05, 4.69) is 27.7 Å². The van der Waals surface area contributed by atoms with Gasteiger partial charge >= 0.3 is 0 Å². The molecular formula is C18H28N4O3S. The number of para-hydroxylation sites is 1. The summed E-state index contributed by atoms with van der Waals surface area (Å²) in [5, 5.41) is 7.85. The highest BCUT2D eigenvalue weighted by molar-refractivity contribution is 7.80. The van der Waals surface area contributed by atoms with Crippen LogP contribution in [0.2, 0.25) is 0 Å². The lowest BCUT2D eigenvalue weighted by Gasteiger charge is -2.26. The molecule has 1 aromatic rings. The standard InChI is InChI=1S/C18H28N4O3S/c1-3-11-25-17-15(5-4-6-16(17)23-2)14-20-21-18(26)19-7-8-22-9-12-24-13-10-22/h4-6,14H,3,7-13H2,1-2H3,(H2,19,21,26)/b20-14+. The fourth-order valence-corrected chi connectivity index (χ4v) is 2.66. The maximum absolute atomic E-state index is 5.79. The number of nitrogens with one attached hydrogen (secondary N) is 2. The van der Waals surface area contributed by atoms with Crippen LogP contribution in [0, 0.1) is 0 Å². The molecule has 144 valence electrons. The van der Waals surface area contributed by atoms with E-state index in [0.29, 0.717) is 23.2 Å². The Balaban J connectivity index is 1.80. The van der Waals surface area contributed by atoms with Crippen LogP contribution in [0.1, 0.15) is 18.9 Å². The first-order valence-electron chi connectivity index (χ1n) is 8.91. The van der Waals surface area contributed by atoms with Gasteiger partial charge in [-0.3, -0.25) is 10.3 Å². The lowest BCUT2D eigenvalue weighted by atomic mass is 10.2. The first-order valence-corrected chi connectivity index (χ1v) is 9.32. The summed E-state index contributed by atoms with van der Waals surface area (Å²) in [6.45, 7) is 7.92. The van der Waals surface area contributed by atoms with Crippen LogP contribution in [0.4, 0.5) is 0 Å². The third-order valence-electron chi connectivity index (χ3n) is 3.87. The van der Waals surface area contributed by atoms with Crippen LogP contribution >= 0.6 is 12.2 Å². The maximum Gasteiger partial charge on any atom is 0.187 e. The minimum Gasteiger partial charge on any atom is -0.493 e. The Kier molecular flexibility index (Phi) is 9.16. The van der Waals surface area contributed by atoms with E-state index in [4.69, 9.17) is 26.4 Å². The SMILES string of the molecule is CCCOc1c(/C=N/NC(=S)NCCN2CCOCC2)cccc1OC. The highest BCUT2D eigenvalue weighted by atomic mass is 32.1. The van der Waals surface area contributed by atoms with E-state index in [-0.39, 0.29) is 0 Å². The highest BCUT2D eigenvalue weighted by Gasteiger charge is 2.10. The van der Waals surface area contributed by atoms with Crippen molar-refractivity contribution in [3.8, 4) is 11.5 Å². The van der Waals surface area contributed by atoms with E-state index in [0.717, 1.165) is 51.4 Å². The molecule has 1 heterocycles. The van der Waals surface area contributed by atoms with Crippen LogP contribution in [-0.4, -0.2) is 69.3 Å². The maximum atomic E-state index is 5.79. The van der Waals surface area contributed by atoms with Gasteiger partial charge in [-0.15, -0.1) is 0 Å². The average molecular weight is 381 g/mol. The number of nitrogens with zero attached hydrogens (tertiary/aromatic N) is 2. The smallest absolute Gasteiger partial charge is 0.187 e. The Hall–Kier alpha value is -1.90. The van der Waals surface area contributed by atoms with Crippen molar-refractivity contribution in [2.45, 2.75) is 13.3 Å². The monoisotopic (exact) mass is 380 g/mol. The molecule has 0 aromatic heterocycles. The Labute approximate surface area is 160 Å². The Morgan fingerprint density at radius 3 is 2.92 bits per heavy atom. The molecule has 0 atom stereocenters. The molecular weight excluding hydrogens is 352 g/mol. The summed E-state index contributed by atoms with van der Waals surface area (Å²) < 4.78 is 16.5. The van der Waals surface area contributed by atoms with Crippen LogP contribution in [0.15, 0.2) is 23.3 Å². The average Bonchev–Trinajstić information content (AvgIpc) is 2.67. The van der Waals surface area contributed by atoms with Gasteiger partial charge in [0.1, 0.15) is 0 Å². The van der Waals surface area contributed by atoms with Crippen LogP contribution < -0.4 is 20.2 Å². The molecule has 1 aromatic carbocycles. The number of hydrogen-bond acceptors (Lipinski definition) is 6. The summed E-state index contributed by atoms with van der Waals surface area (Å²) in [5.74, 6) is 1.38. The quantitative estimate of drug-likeness (QED) is 0.383. The number of morpholine rings is 1. The zero-order chi connectivity index (χ0) is 18.6. The third-order valence-corrected chi connectivity index (χ3v) is 4.10. The summed E-state index contributed by atoms with van der Waals surface area (Å²) in [6, 6.07) is 5.69. The number of ether oxygens (including phenoxy) is 3. The number of rotatable bonds is 9. The summed E-state index contributed by atoms with van der Waals surface area (Å²) in [6.07, 6.45) is 2.60. The lowest BCUT2D eigenvalue weighted by Crippen LogP contribution is -2.42. The van der Waals surface area contributed by atoms with E-state index < -0.39 is 0 Å². The number of benzene rings is 1. The van der Waals surface area contributed by atoms with Gasteiger partial charge in [0.15, 0.2) is 16.6 Å². The molecule has 0 bridgehead atoms. The molecule has 1 fully saturated rings. The van der Waals surface area contributed by atoms with E-state index in [1.54, 1.807) is 13.3 Å². The largest absolute Gasteiger partial charge is 0.493 e. The first-order chi connectivity index (χ1) is 12.7. The van der Waals surface area contributed by atoms with Crippen LogP contribution in [0.5, 0.6) is 11.5 Å². The van der Waals surface area contributed by atoms with Crippen molar-refractivity contribution in [1.82, 2.24) is 15.6 Å². The van der Waals surface area contributed by atoms with Gasteiger partial charge in [0, 0.05) is 31.7 Å². The molecule has 0 unspecified atom stereocenters. The van der Waals surface area contributed by atoms with Gasteiger partial charge in [0.25, 0.3) is 0 Å². The van der Waals surface area contributed by atoms with Gasteiger partial charge < -0.3 is 19.5 Å². The van der Waals surface area contributed by atoms with Crippen molar-refractivity contribution in [3.05, 3.63) is 23.8 Å². The minimum atomic E-state index is 0.494. The fraction of sp³-hybridized carbons (Fsp3) is 0.556. The van der Waals surface area contributed by atoms with Gasteiger partial charge in [0.05, 0.1) is 33.1 Å². The van der Waals surface area contributed by atoms with Crippen LogP contribution in [0.25, 0.3) is 0 Å². The highest BCUT2D eigenvalue weighted by Crippen LogP contribution is 2.30. The molecule has 0 radical (unpaired) electrons. The molecule has 0 amide bonds. The summed E-state index contributed by atoms with van der Waals surface area (Å²) in [4.78, 5) is 2.34. The topological polar surface area (TPSA) is 67.4 Å². The van der Waals surface area contributed by atoms with Crippen molar-refractivity contribution in [2.75, 3.05) is 53.1 Å². The van der Waals surface area contributed by atoms with E-state index in [9.17, 15) is 0 Å². The van der Waals surface area contributed by atoms with E-state index in [1.807, 2.05) is 18.2 Å². The van der Waals surface area contributed by atoms with E-state index in [1.165, 1.54) is 0 Å². The second-order valence-electron chi connectivity index (χ2n) is 5.81.